The number of carbonyl (C=O) groups is 2. The molecule has 0 bridgehead atoms. The summed E-state index contributed by atoms with van der Waals surface area (Å²) in [5.41, 5.74) is -0.746. The number of aliphatic carboxylic acids is 1. The highest BCUT2D eigenvalue weighted by molar-refractivity contribution is 5.79. The highest BCUT2D eigenvalue weighted by Gasteiger charge is 2.44. The van der Waals surface area contributed by atoms with Gasteiger partial charge in [-0.1, -0.05) is 13.8 Å². The summed E-state index contributed by atoms with van der Waals surface area (Å²) in [6, 6.07) is -0.110. The van der Waals surface area contributed by atoms with Crippen LogP contribution < -0.4 is 5.32 Å². The fraction of sp³-hybridized carbons (Fsp3) is 0.867. The van der Waals surface area contributed by atoms with E-state index in [-0.39, 0.29) is 6.03 Å². The van der Waals surface area contributed by atoms with Gasteiger partial charge >= 0.3 is 12.0 Å². The van der Waals surface area contributed by atoms with E-state index < -0.39 is 11.4 Å². The van der Waals surface area contributed by atoms with Crippen molar-refractivity contribution in [1.29, 1.82) is 0 Å². The van der Waals surface area contributed by atoms with Gasteiger partial charge in [-0.25, -0.2) is 4.79 Å². The lowest BCUT2D eigenvalue weighted by Gasteiger charge is -2.23. The van der Waals surface area contributed by atoms with Gasteiger partial charge in [-0.3, -0.25) is 4.79 Å². The maximum atomic E-state index is 12.2. The second-order valence-corrected chi connectivity index (χ2v) is 6.34. The van der Waals surface area contributed by atoms with Crippen LogP contribution in [0.4, 0.5) is 4.79 Å². The Hall–Kier alpha value is -1.30. The van der Waals surface area contributed by atoms with Crippen molar-refractivity contribution < 1.29 is 14.7 Å². The molecule has 0 spiro atoms. The molecular weight excluding hydrogens is 270 g/mol. The molecule has 2 aliphatic rings. The van der Waals surface area contributed by atoms with E-state index >= 15 is 0 Å². The number of carboxylic acid groups (broad SMARTS) is 1. The van der Waals surface area contributed by atoms with Gasteiger partial charge in [0.25, 0.3) is 0 Å². The average Bonchev–Trinajstić information content (AvgIpc) is 3.12. The van der Waals surface area contributed by atoms with Gasteiger partial charge < -0.3 is 20.2 Å². The molecule has 2 heterocycles. The van der Waals surface area contributed by atoms with E-state index in [1.165, 1.54) is 0 Å². The van der Waals surface area contributed by atoms with Crippen LogP contribution in [0.3, 0.4) is 0 Å². The fourth-order valence-electron chi connectivity index (χ4n) is 3.37. The van der Waals surface area contributed by atoms with Crippen molar-refractivity contribution in [2.75, 3.05) is 39.3 Å². The van der Waals surface area contributed by atoms with E-state index in [0.29, 0.717) is 38.4 Å². The van der Waals surface area contributed by atoms with Crippen molar-refractivity contribution >= 4 is 12.0 Å². The minimum Gasteiger partial charge on any atom is -0.481 e. The molecule has 2 unspecified atom stereocenters. The third-order valence-electron chi connectivity index (χ3n) is 5.13. The molecule has 2 saturated heterocycles. The molecule has 2 atom stereocenters. The summed E-state index contributed by atoms with van der Waals surface area (Å²) >= 11 is 0. The predicted molar refractivity (Wildman–Crippen MR) is 80.2 cm³/mol. The van der Waals surface area contributed by atoms with Crippen LogP contribution in [0.2, 0.25) is 0 Å². The average molecular weight is 297 g/mol. The monoisotopic (exact) mass is 297 g/mol. The molecule has 6 nitrogen and oxygen atoms in total. The van der Waals surface area contributed by atoms with Gasteiger partial charge in [-0.15, -0.1) is 0 Å². The first kappa shape index (κ1) is 16.1. The molecule has 0 aromatic carbocycles. The Bertz CT molecular complexity index is 402. The summed E-state index contributed by atoms with van der Waals surface area (Å²) in [7, 11) is 0. The van der Waals surface area contributed by atoms with E-state index in [0.717, 1.165) is 26.1 Å². The zero-order valence-corrected chi connectivity index (χ0v) is 13.1. The summed E-state index contributed by atoms with van der Waals surface area (Å²) < 4.78 is 0. The Kier molecular flexibility index (Phi) is 5.08. The molecule has 6 heteroatoms. The maximum absolute atomic E-state index is 12.2. The normalized spacial score (nSPS) is 29.8. The maximum Gasteiger partial charge on any atom is 0.317 e. The van der Waals surface area contributed by atoms with Crippen LogP contribution in [0.25, 0.3) is 0 Å². The van der Waals surface area contributed by atoms with Gasteiger partial charge in [0, 0.05) is 26.2 Å². The highest BCUT2D eigenvalue weighted by atomic mass is 16.4. The molecule has 120 valence electrons. The van der Waals surface area contributed by atoms with Crippen molar-refractivity contribution in [3.63, 3.8) is 0 Å². The van der Waals surface area contributed by atoms with Crippen LogP contribution in [0.5, 0.6) is 0 Å². The standard InChI is InChI=1S/C15H27N3O3/c1-3-15(13(19)20)6-8-18(11-15)14(21)16-9-12-5-7-17(4-2)10-12/h12H,3-11H2,1-2H3,(H,16,21)(H,19,20). The Morgan fingerprint density at radius 1 is 1.33 bits per heavy atom. The minimum atomic E-state index is -0.783. The van der Waals surface area contributed by atoms with Crippen LogP contribution in [0.1, 0.15) is 33.1 Å². The third-order valence-corrected chi connectivity index (χ3v) is 5.13. The molecule has 0 aliphatic carbocycles. The molecule has 2 N–H and O–H groups in total. The van der Waals surface area contributed by atoms with E-state index in [9.17, 15) is 14.7 Å². The van der Waals surface area contributed by atoms with Crippen molar-refractivity contribution in [3.05, 3.63) is 0 Å². The number of likely N-dealkylation sites (tertiary alicyclic amines) is 2. The lowest BCUT2D eigenvalue weighted by molar-refractivity contribution is -0.148. The largest absolute Gasteiger partial charge is 0.481 e. The number of nitrogens with zero attached hydrogens (tertiary/aromatic N) is 2. The number of hydrogen-bond acceptors (Lipinski definition) is 3. The van der Waals surface area contributed by atoms with Crippen molar-refractivity contribution in [1.82, 2.24) is 15.1 Å². The summed E-state index contributed by atoms with van der Waals surface area (Å²) in [6.07, 6.45) is 2.25. The zero-order valence-electron chi connectivity index (χ0n) is 13.1. The Balaban J connectivity index is 1.79. The lowest BCUT2D eigenvalue weighted by Crippen LogP contribution is -2.43. The van der Waals surface area contributed by atoms with Gasteiger partial charge in [-0.2, -0.15) is 0 Å². The Morgan fingerprint density at radius 2 is 2.10 bits per heavy atom. The highest BCUT2D eigenvalue weighted by Crippen LogP contribution is 2.34. The summed E-state index contributed by atoms with van der Waals surface area (Å²) in [6.45, 7) is 8.82. The van der Waals surface area contributed by atoms with Gasteiger partial charge in [0.2, 0.25) is 0 Å². The Morgan fingerprint density at radius 3 is 2.62 bits per heavy atom. The van der Waals surface area contributed by atoms with Crippen LogP contribution in [-0.2, 0) is 4.79 Å². The molecular formula is C15H27N3O3. The first-order valence-electron chi connectivity index (χ1n) is 7.99. The zero-order chi connectivity index (χ0) is 15.5. The predicted octanol–water partition coefficient (Wildman–Crippen LogP) is 1.22. The SMILES string of the molecule is CCN1CCC(CNC(=O)N2CCC(CC)(C(=O)O)C2)C1. The Labute approximate surface area is 126 Å². The number of rotatable bonds is 5. The third kappa shape index (κ3) is 3.48. The van der Waals surface area contributed by atoms with Gasteiger partial charge in [0.15, 0.2) is 0 Å². The van der Waals surface area contributed by atoms with Crippen LogP contribution in [0, 0.1) is 11.3 Å². The number of carboxylic acids is 1. The smallest absolute Gasteiger partial charge is 0.317 e. The molecule has 21 heavy (non-hydrogen) atoms. The molecule has 0 aromatic rings. The number of hydrogen-bond donors (Lipinski definition) is 2. The minimum absolute atomic E-state index is 0.110. The van der Waals surface area contributed by atoms with E-state index in [4.69, 9.17) is 0 Å². The molecule has 0 radical (unpaired) electrons. The topological polar surface area (TPSA) is 72.9 Å². The van der Waals surface area contributed by atoms with Crippen LogP contribution in [0.15, 0.2) is 0 Å². The second-order valence-electron chi connectivity index (χ2n) is 6.34. The van der Waals surface area contributed by atoms with Crippen molar-refractivity contribution in [3.8, 4) is 0 Å². The number of carbonyl (C=O) groups excluding carboxylic acids is 1. The second kappa shape index (κ2) is 6.64. The van der Waals surface area contributed by atoms with Crippen molar-refractivity contribution in [2.24, 2.45) is 11.3 Å². The quantitative estimate of drug-likeness (QED) is 0.800. The van der Waals surface area contributed by atoms with Crippen LogP contribution >= 0.6 is 0 Å². The molecule has 0 aromatic heterocycles. The molecule has 0 saturated carbocycles. The van der Waals surface area contributed by atoms with Gasteiger partial charge in [0.1, 0.15) is 0 Å². The summed E-state index contributed by atoms with van der Waals surface area (Å²) in [4.78, 5) is 27.6. The molecule has 2 amide bonds. The van der Waals surface area contributed by atoms with E-state index in [2.05, 4.69) is 17.1 Å². The van der Waals surface area contributed by atoms with E-state index in [1.54, 1.807) is 4.90 Å². The van der Waals surface area contributed by atoms with E-state index in [1.807, 2.05) is 6.92 Å². The van der Waals surface area contributed by atoms with Gasteiger partial charge in [0.05, 0.1) is 5.41 Å². The molecule has 2 aliphatic heterocycles. The number of amides is 2. The first-order valence-corrected chi connectivity index (χ1v) is 7.99. The lowest BCUT2D eigenvalue weighted by atomic mass is 9.84. The molecule has 2 rings (SSSR count). The summed E-state index contributed by atoms with van der Waals surface area (Å²) in [5, 5.41) is 12.3. The number of urea groups is 1. The summed E-state index contributed by atoms with van der Waals surface area (Å²) in [5.74, 6) is -0.262. The number of nitrogens with one attached hydrogen (secondary N) is 1. The van der Waals surface area contributed by atoms with Crippen molar-refractivity contribution in [2.45, 2.75) is 33.1 Å². The van der Waals surface area contributed by atoms with Gasteiger partial charge in [-0.05, 0) is 38.3 Å². The fourth-order valence-corrected chi connectivity index (χ4v) is 3.37. The first-order chi connectivity index (χ1) is 10.0. The van der Waals surface area contributed by atoms with Crippen LogP contribution in [-0.4, -0.2) is 66.2 Å². The molecule has 2 fully saturated rings.